The van der Waals surface area contributed by atoms with Crippen LogP contribution in [0.3, 0.4) is 0 Å². The fourth-order valence-corrected chi connectivity index (χ4v) is 2.08. The highest BCUT2D eigenvalue weighted by Crippen LogP contribution is 2.21. The molecule has 0 spiro atoms. The van der Waals surface area contributed by atoms with Crippen molar-refractivity contribution in [1.82, 2.24) is 14.9 Å². The molecular weight excluding hydrogens is 190 g/mol. The zero-order chi connectivity index (χ0) is 9.42. The first-order valence-corrected chi connectivity index (χ1v) is 4.85. The van der Waals surface area contributed by atoms with Gasteiger partial charge in [-0.15, -0.1) is 0 Å². The maximum atomic E-state index is 11.6. The molecule has 1 unspecified atom stereocenters. The molecule has 0 aromatic heterocycles. The van der Waals surface area contributed by atoms with Gasteiger partial charge in [-0.1, -0.05) is 11.9 Å². The van der Waals surface area contributed by atoms with Gasteiger partial charge in [0.2, 0.25) is 0 Å². The molecule has 1 fully saturated rings. The van der Waals surface area contributed by atoms with Gasteiger partial charge in [-0.3, -0.25) is 9.69 Å². The Morgan fingerprint density at radius 1 is 1.62 bits per heavy atom. The van der Waals surface area contributed by atoms with Crippen LogP contribution in [0, 0.1) is 0 Å². The molecule has 2 rings (SSSR count). The number of imide groups is 1. The summed E-state index contributed by atoms with van der Waals surface area (Å²) in [6.07, 6.45) is 0. The molecule has 3 amide bonds. The summed E-state index contributed by atoms with van der Waals surface area (Å²) >= 11 is 1.32. The Bertz CT molecular complexity index is 298. The zero-order valence-electron chi connectivity index (χ0n) is 7.03. The predicted molar refractivity (Wildman–Crippen MR) is 48.5 cm³/mol. The minimum atomic E-state index is -0.373. The van der Waals surface area contributed by atoms with Crippen LogP contribution < -0.4 is 10.0 Å². The summed E-state index contributed by atoms with van der Waals surface area (Å²) in [6.45, 7) is 2.18. The monoisotopic (exact) mass is 199 g/mol. The van der Waals surface area contributed by atoms with Gasteiger partial charge in [0, 0.05) is 12.0 Å². The zero-order valence-corrected chi connectivity index (χ0v) is 7.85. The minimum Gasteiger partial charge on any atom is -0.308 e. The molecule has 0 aromatic rings. The topological polar surface area (TPSA) is 61.4 Å². The summed E-state index contributed by atoms with van der Waals surface area (Å²) < 4.78 is 2.91. The number of hydrogen-bond acceptors (Lipinski definition) is 4. The third kappa shape index (κ3) is 1.22. The number of hydrogen-bond donors (Lipinski definition) is 2. The molecule has 0 saturated carbocycles. The lowest BCUT2D eigenvalue weighted by Gasteiger charge is -2.29. The van der Waals surface area contributed by atoms with E-state index in [0.717, 1.165) is 0 Å². The number of carbonyl (C=O) groups excluding carboxylic acids is 2. The molecule has 2 aliphatic rings. The first-order valence-electron chi connectivity index (χ1n) is 3.97. The highest BCUT2D eigenvalue weighted by atomic mass is 32.2. The molecule has 5 nitrogen and oxygen atoms in total. The van der Waals surface area contributed by atoms with Crippen LogP contribution in [0.15, 0.2) is 11.1 Å². The van der Waals surface area contributed by atoms with Crippen LogP contribution in [0.1, 0.15) is 6.92 Å². The van der Waals surface area contributed by atoms with E-state index in [1.54, 1.807) is 12.3 Å². The minimum absolute atomic E-state index is 0.178. The van der Waals surface area contributed by atoms with Crippen molar-refractivity contribution in [3.8, 4) is 0 Å². The van der Waals surface area contributed by atoms with Crippen LogP contribution in [0.2, 0.25) is 0 Å². The standard InChI is InChI=1S/C7H9N3O2S/c1-2-10-6(11)5-4(3-13-9-5)8-7(10)12/h3,5,9H,2H2,1H3,(H,8,12). The Kier molecular flexibility index (Phi) is 2.01. The Hall–Kier alpha value is -1.01. The number of fused-ring (bicyclic) bond motifs is 1. The molecule has 6 heteroatoms. The maximum Gasteiger partial charge on any atom is 0.328 e. The summed E-state index contributed by atoms with van der Waals surface area (Å²) in [5, 5.41) is 4.40. The van der Waals surface area contributed by atoms with Crippen LogP contribution in [0.5, 0.6) is 0 Å². The van der Waals surface area contributed by atoms with Crippen LogP contribution in [0.25, 0.3) is 0 Å². The number of urea groups is 1. The summed E-state index contributed by atoms with van der Waals surface area (Å²) in [4.78, 5) is 24.1. The van der Waals surface area contributed by atoms with E-state index in [4.69, 9.17) is 0 Å². The predicted octanol–water partition coefficient (Wildman–Crippen LogP) is 0.0195. The third-order valence-electron chi connectivity index (χ3n) is 2.01. The van der Waals surface area contributed by atoms with Crippen LogP contribution in [-0.4, -0.2) is 29.4 Å². The molecule has 1 atom stereocenters. The number of nitrogens with one attached hydrogen (secondary N) is 2. The molecule has 0 bridgehead atoms. The van der Waals surface area contributed by atoms with Crippen molar-refractivity contribution in [3.05, 3.63) is 11.1 Å². The second kappa shape index (κ2) is 3.04. The van der Waals surface area contributed by atoms with Crippen molar-refractivity contribution in [2.24, 2.45) is 0 Å². The van der Waals surface area contributed by atoms with Crippen molar-refractivity contribution in [1.29, 1.82) is 0 Å². The van der Waals surface area contributed by atoms with E-state index in [2.05, 4.69) is 10.0 Å². The molecule has 0 aliphatic carbocycles. The van der Waals surface area contributed by atoms with Gasteiger partial charge < -0.3 is 5.32 Å². The van der Waals surface area contributed by atoms with Gasteiger partial charge in [0.25, 0.3) is 5.91 Å². The second-order valence-corrected chi connectivity index (χ2v) is 3.46. The Balaban J connectivity index is 2.26. The van der Waals surface area contributed by atoms with Gasteiger partial charge in [0.15, 0.2) is 0 Å². The van der Waals surface area contributed by atoms with Crippen LogP contribution in [-0.2, 0) is 4.79 Å². The first-order chi connectivity index (χ1) is 6.24. The Labute approximate surface area is 79.7 Å². The van der Waals surface area contributed by atoms with Gasteiger partial charge in [-0.05, 0) is 6.92 Å². The molecule has 2 N–H and O–H groups in total. The number of rotatable bonds is 1. The quantitative estimate of drug-likeness (QED) is 0.584. The van der Waals surface area contributed by atoms with Crippen molar-refractivity contribution in [2.45, 2.75) is 13.0 Å². The van der Waals surface area contributed by atoms with Crippen molar-refractivity contribution in [2.75, 3.05) is 6.54 Å². The fourth-order valence-electron chi connectivity index (χ4n) is 1.33. The van der Waals surface area contributed by atoms with Crippen LogP contribution >= 0.6 is 11.9 Å². The smallest absolute Gasteiger partial charge is 0.308 e. The summed E-state index contributed by atoms with van der Waals surface area (Å²) in [5.74, 6) is -0.178. The van der Waals surface area contributed by atoms with Crippen LogP contribution in [0.4, 0.5) is 4.79 Å². The molecule has 2 aliphatic heterocycles. The second-order valence-electron chi connectivity index (χ2n) is 2.75. The number of nitrogens with zero attached hydrogens (tertiary/aromatic N) is 1. The molecular formula is C7H9N3O2S. The first kappa shape index (κ1) is 8.58. The van der Waals surface area contributed by atoms with Gasteiger partial charge in [0.05, 0.1) is 5.70 Å². The molecule has 70 valence electrons. The van der Waals surface area contributed by atoms with Gasteiger partial charge in [0.1, 0.15) is 6.04 Å². The summed E-state index contributed by atoms with van der Waals surface area (Å²) in [6, 6.07) is -0.707. The van der Waals surface area contributed by atoms with Gasteiger partial charge in [-0.25, -0.2) is 9.52 Å². The highest BCUT2D eigenvalue weighted by molar-refractivity contribution is 8.00. The SMILES string of the molecule is CCN1C(=O)NC2=CSNC2C1=O. The van der Waals surface area contributed by atoms with Crippen molar-refractivity contribution < 1.29 is 9.59 Å². The fraction of sp³-hybridized carbons (Fsp3) is 0.429. The lowest BCUT2D eigenvalue weighted by molar-refractivity contribution is -0.129. The number of likely N-dealkylation sites (N-methyl/N-ethyl adjacent to an activating group) is 1. The normalized spacial score (nSPS) is 27.0. The van der Waals surface area contributed by atoms with Crippen molar-refractivity contribution in [3.63, 3.8) is 0 Å². The summed E-state index contributed by atoms with van der Waals surface area (Å²) in [7, 11) is 0. The van der Waals surface area contributed by atoms with Gasteiger partial charge in [-0.2, -0.15) is 0 Å². The van der Waals surface area contributed by atoms with E-state index in [0.29, 0.717) is 12.2 Å². The van der Waals surface area contributed by atoms with E-state index < -0.39 is 0 Å². The molecule has 0 aromatic carbocycles. The lowest BCUT2D eigenvalue weighted by Crippen LogP contribution is -2.57. The number of carbonyl (C=O) groups is 2. The summed E-state index contributed by atoms with van der Waals surface area (Å²) in [5.41, 5.74) is 0.657. The Morgan fingerprint density at radius 2 is 2.38 bits per heavy atom. The Morgan fingerprint density at radius 3 is 3.08 bits per heavy atom. The van der Waals surface area contributed by atoms with E-state index in [1.165, 1.54) is 16.8 Å². The average Bonchev–Trinajstić information content (AvgIpc) is 2.53. The van der Waals surface area contributed by atoms with E-state index in [-0.39, 0.29) is 18.0 Å². The maximum absolute atomic E-state index is 11.6. The van der Waals surface area contributed by atoms with E-state index in [9.17, 15) is 9.59 Å². The number of amides is 3. The molecule has 2 heterocycles. The third-order valence-corrected chi connectivity index (χ3v) is 2.75. The molecule has 13 heavy (non-hydrogen) atoms. The largest absolute Gasteiger partial charge is 0.328 e. The lowest BCUT2D eigenvalue weighted by atomic mass is 10.2. The highest BCUT2D eigenvalue weighted by Gasteiger charge is 2.38. The molecule has 1 saturated heterocycles. The molecule has 0 radical (unpaired) electrons. The van der Waals surface area contributed by atoms with E-state index >= 15 is 0 Å². The van der Waals surface area contributed by atoms with E-state index in [1.807, 2.05) is 0 Å². The average molecular weight is 199 g/mol. The van der Waals surface area contributed by atoms with Crippen molar-refractivity contribution >= 4 is 23.9 Å². The van der Waals surface area contributed by atoms with Gasteiger partial charge >= 0.3 is 6.03 Å².